The van der Waals surface area contributed by atoms with Gasteiger partial charge in [0.1, 0.15) is 22.7 Å². The highest BCUT2D eigenvalue weighted by atomic mass is 35.5. The topological polar surface area (TPSA) is 68.7 Å². The molecule has 0 saturated carbocycles. The molecule has 124 valence electrons. The molecule has 1 N–H and O–H groups in total. The summed E-state index contributed by atoms with van der Waals surface area (Å²) in [5.74, 6) is 2.42. The Morgan fingerprint density at radius 2 is 2.04 bits per heavy atom. The van der Waals surface area contributed by atoms with Gasteiger partial charge in [0.25, 0.3) is 0 Å². The van der Waals surface area contributed by atoms with E-state index in [0.717, 1.165) is 5.39 Å². The van der Waals surface area contributed by atoms with Crippen LogP contribution in [0.1, 0.15) is 11.8 Å². The van der Waals surface area contributed by atoms with Crippen LogP contribution < -0.4 is 19.9 Å². The summed E-state index contributed by atoms with van der Waals surface area (Å²) in [6.07, 6.45) is -0.808. The van der Waals surface area contributed by atoms with Crippen molar-refractivity contribution in [2.75, 3.05) is 7.11 Å². The molecule has 3 aromatic rings. The number of ether oxygens (including phenoxy) is 2. The molecule has 5 nitrogen and oxygen atoms in total. The third kappa shape index (κ3) is 2.41. The fourth-order valence-corrected chi connectivity index (χ4v) is 3.12. The predicted molar refractivity (Wildman–Crippen MR) is 93.2 cm³/mol. The molecular weight excluding hydrogens is 342 g/mol. The van der Waals surface area contributed by atoms with Crippen molar-refractivity contribution in [3.63, 3.8) is 0 Å². The smallest absolute Gasteiger partial charge is 0.198 e. The van der Waals surface area contributed by atoms with Crippen molar-refractivity contribution in [1.29, 1.82) is 0 Å². The largest absolute Gasteiger partial charge is 0.507 e. The van der Waals surface area contributed by atoms with Crippen LogP contribution in [0, 0.1) is 0 Å². The lowest BCUT2D eigenvalue weighted by molar-refractivity contribution is 0.238. The molecule has 6 heteroatoms. The number of hydrogen-bond acceptors (Lipinski definition) is 5. The van der Waals surface area contributed by atoms with Crippen molar-refractivity contribution in [1.82, 2.24) is 4.98 Å². The van der Waals surface area contributed by atoms with Crippen LogP contribution in [0.2, 0.25) is 5.02 Å². The molecule has 1 aliphatic heterocycles. The number of pyridine rings is 1. The Bertz CT molecular complexity index is 1150. The zero-order valence-corrected chi connectivity index (χ0v) is 13.9. The van der Waals surface area contributed by atoms with Gasteiger partial charge in [0.15, 0.2) is 11.9 Å². The lowest BCUT2D eigenvalue weighted by Crippen LogP contribution is -2.28. The molecule has 4 rings (SSSR count). The second-order valence-corrected chi connectivity index (χ2v) is 6.01. The normalized spacial score (nSPS) is 15.6. The van der Waals surface area contributed by atoms with Crippen LogP contribution in [0.5, 0.6) is 11.5 Å². The fourth-order valence-electron chi connectivity index (χ4n) is 2.95. The maximum Gasteiger partial charge on any atom is 0.198 e. The zero-order chi connectivity index (χ0) is 17.6. The highest BCUT2D eigenvalue weighted by Crippen LogP contribution is 2.31. The van der Waals surface area contributed by atoms with Crippen LogP contribution in [0.25, 0.3) is 16.7 Å². The molecule has 0 radical (unpaired) electrons. The number of aromatic nitrogens is 1. The lowest BCUT2D eigenvalue weighted by atomic mass is 10.1. The minimum atomic E-state index is -0.808. The summed E-state index contributed by atoms with van der Waals surface area (Å²) in [5.41, 5.74) is 1.20. The van der Waals surface area contributed by atoms with E-state index in [1.807, 2.05) is 18.1 Å². The Morgan fingerprint density at radius 3 is 2.80 bits per heavy atom. The molecular formula is C19H12ClNO4. The Balaban J connectivity index is 1.91. The van der Waals surface area contributed by atoms with E-state index >= 15 is 0 Å². The summed E-state index contributed by atoms with van der Waals surface area (Å²) >= 11 is 6.02. The predicted octanol–water partition coefficient (Wildman–Crippen LogP) is 2.20. The first-order valence-corrected chi connectivity index (χ1v) is 7.88. The zero-order valence-electron chi connectivity index (χ0n) is 13.1. The third-order valence-corrected chi connectivity index (χ3v) is 4.38. The summed E-state index contributed by atoms with van der Waals surface area (Å²) in [5, 5.41) is 12.6. The average Bonchev–Trinajstić information content (AvgIpc) is 2.97. The van der Waals surface area contributed by atoms with Gasteiger partial charge >= 0.3 is 0 Å². The number of halogens is 1. The van der Waals surface area contributed by atoms with E-state index in [0.29, 0.717) is 27.7 Å². The molecule has 2 heterocycles. The molecule has 1 unspecified atom stereocenters. The van der Waals surface area contributed by atoms with Gasteiger partial charge in [-0.25, -0.2) is 9.78 Å². The van der Waals surface area contributed by atoms with Crippen molar-refractivity contribution in [2.24, 2.45) is 0 Å². The molecule has 1 atom stereocenters. The fraction of sp³-hybridized carbons (Fsp3) is 0.105. The number of aliphatic hydroxyl groups is 1. The molecule has 0 amide bonds. The van der Waals surface area contributed by atoms with Crippen LogP contribution in [0.15, 0.2) is 42.5 Å². The molecule has 1 aromatic heterocycles. The number of nitrogens with zero attached hydrogens (tertiary/aromatic N) is 1. The summed E-state index contributed by atoms with van der Waals surface area (Å²) in [6.45, 7) is 0. The third-order valence-electron chi connectivity index (χ3n) is 4.14. The number of carbonyl (C=O) groups excluding carboxylic acids is 1. The van der Waals surface area contributed by atoms with Crippen molar-refractivity contribution in [3.8, 4) is 11.5 Å². The summed E-state index contributed by atoms with van der Waals surface area (Å²) in [4.78, 5) is 15.9. The van der Waals surface area contributed by atoms with E-state index in [1.54, 1.807) is 30.3 Å². The van der Waals surface area contributed by atoms with Gasteiger partial charge in [-0.3, -0.25) is 0 Å². The lowest BCUT2D eigenvalue weighted by Gasteiger charge is -2.12. The first-order chi connectivity index (χ1) is 12.1. The van der Waals surface area contributed by atoms with Gasteiger partial charge in [-0.15, -0.1) is 0 Å². The molecule has 0 fully saturated rings. The standard InChI is InChI=1S/C19H12ClNO4/c1-24-15-6-7-16-17(12(15)9-22)18(23)19(25-16)13-5-3-10-2-4-11(20)8-14(10)21-13/h2-8,19,23H,1H3. The van der Waals surface area contributed by atoms with E-state index in [2.05, 4.69) is 4.98 Å². The Hall–Kier alpha value is -3.01. The number of rotatable bonds is 2. The number of benzene rings is 2. The number of fused-ring (bicyclic) bond motifs is 2. The van der Waals surface area contributed by atoms with Gasteiger partial charge in [-0.1, -0.05) is 23.7 Å². The molecule has 0 bridgehead atoms. The molecule has 0 aliphatic carbocycles. The second-order valence-electron chi connectivity index (χ2n) is 5.57. The van der Waals surface area contributed by atoms with Crippen LogP contribution in [-0.4, -0.2) is 23.1 Å². The van der Waals surface area contributed by atoms with Crippen molar-refractivity contribution < 1.29 is 19.4 Å². The van der Waals surface area contributed by atoms with Crippen molar-refractivity contribution >= 4 is 34.2 Å². The monoisotopic (exact) mass is 353 g/mol. The van der Waals surface area contributed by atoms with Crippen molar-refractivity contribution in [2.45, 2.75) is 6.10 Å². The number of aliphatic hydroxyl groups excluding tert-OH is 1. The quantitative estimate of drug-likeness (QED) is 0.765. The van der Waals surface area contributed by atoms with Gasteiger partial charge < -0.3 is 14.6 Å². The van der Waals surface area contributed by atoms with Crippen LogP contribution in [0.3, 0.4) is 0 Å². The number of methoxy groups -OCH3 is 1. The Labute approximate surface area is 147 Å². The van der Waals surface area contributed by atoms with Gasteiger partial charge in [0.05, 0.1) is 23.5 Å². The van der Waals surface area contributed by atoms with Gasteiger partial charge in [-0.2, -0.15) is 0 Å². The summed E-state index contributed by atoms with van der Waals surface area (Å²) in [6, 6.07) is 12.3. The van der Waals surface area contributed by atoms with E-state index in [1.165, 1.54) is 7.11 Å². The van der Waals surface area contributed by atoms with Crippen LogP contribution in [0.4, 0.5) is 0 Å². The molecule has 2 aromatic carbocycles. The Morgan fingerprint density at radius 1 is 1.24 bits per heavy atom. The van der Waals surface area contributed by atoms with Crippen molar-refractivity contribution in [3.05, 3.63) is 63.6 Å². The second kappa shape index (κ2) is 5.81. The first kappa shape index (κ1) is 15.5. The van der Waals surface area contributed by atoms with E-state index in [9.17, 15) is 9.90 Å². The van der Waals surface area contributed by atoms with Crippen LogP contribution >= 0.6 is 11.6 Å². The minimum Gasteiger partial charge on any atom is -0.507 e. The summed E-state index contributed by atoms with van der Waals surface area (Å²) < 4.78 is 11.0. The number of hydrogen-bond donors (Lipinski definition) is 1. The highest BCUT2D eigenvalue weighted by Gasteiger charge is 2.29. The first-order valence-electron chi connectivity index (χ1n) is 7.50. The summed E-state index contributed by atoms with van der Waals surface area (Å²) in [7, 11) is 1.45. The molecule has 0 spiro atoms. The van der Waals surface area contributed by atoms with Gasteiger partial charge in [0.2, 0.25) is 0 Å². The minimum absolute atomic E-state index is 0.0962. The molecule has 0 saturated heterocycles. The maximum atomic E-state index is 11.3. The van der Waals surface area contributed by atoms with Crippen LogP contribution in [-0.2, 0) is 4.79 Å². The maximum absolute atomic E-state index is 11.3. The Kier molecular flexibility index (Phi) is 3.61. The van der Waals surface area contributed by atoms with Gasteiger partial charge in [-0.05, 0) is 30.3 Å². The highest BCUT2D eigenvalue weighted by molar-refractivity contribution is 6.31. The van der Waals surface area contributed by atoms with E-state index < -0.39 is 6.10 Å². The van der Waals surface area contributed by atoms with Gasteiger partial charge in [0, 0.05) is 10.4 Å². The molecule has 1 aliphatic rings. The average molecular weight is 354 g/mol. The van der Waals surface area contributed by atoms with E-state index in [-0.39, 0.29) is 16.2 Å². The molecule has 25 heavy (non-hydrogen) atoms. The van der Waals surface area contributed by atoms with E-state index in [4.69, 9.17) is 21.1 Å². The SMILES string of the molecule is COc1ccc2c(c1=C=O)=C(O)C(c1ccc3ccc(Cl)cc3n1)O2.